The van der Waals surface area contributed by atoms with E-state index in [1.165, 1.54) is 42.6 Å². The van der Waals surface area contributed by atoms with Gasteiger partial charge >= 0.3 is 0 Å². The van der Waals surface area contributed by atoms with Gasteiger partial charge in [0, 0.05) is 29.3 Å². The maximum absolute atomic E-state index is 4.55. The van der Waals surface area contributed by atoms with Gasteiger partial charge in [-0.1, -0.05) is 62.6 Å². The third kappa shape index (κ3) is 5.67. The number of nitrogens with zero attached hydrogens (tertiary/aromatic N) is 2. The van der Waals surface area contributed by atoms with Gasteiger partial charge in [-0.2, -0.15) is 11.3 Å². The third-order valence-corrected chi connectivity index (χ3v) is 5.29. The van der Waals surface area contributed by atoms with Gasteiger partial charge in [-0.3, -0.25) is 4.98 Å². The summed E-state index contributed by atoms with van der Waals surface area (Å²) in [5.74, 6) is 0. The van der Waals surface area contributed by atoms with Crippen molar-refractivity contribution in [2.45, 2.75) is 39.0 Å². The van der Waals surface area contributed by atoms with Crippen molar-refractivity contribution in [3.8, 4) is 16.9 Å². The summed E-state index contributed by atoms with van der Waals surface area (Å²) in [6, 6.07) is 22.9. The average molecular weight is 389 g/mol. The van der Waals surface area contributed by atoms with Gasteiger partial charge in [-0.25, -0.2) is 0 Å². The molecule has 1 aromatic carbocycles. The molecule has 0 spiro atoms. The molecule has 0 aliphatic carbocycles. The van der Waals surface area contributed by atoms with Crippen molar-refractivity contribution < 1.29 is 0 Å². The predicted octanol–water partition coefficient (Wildman–Crippen LogP) is 7.41. The van der Waals surface area contributed by atoms with Crippen molar-refractivity contribution in [2.75, 3.05) is 0 Å². The standard InChI is InChI=1S/C21H24N2.C4H4S/c1-2-3-4-8-14-21-19(20-13-9-10-16-22-20)15-17-23(21)18-11-6-5-7-12-18;1-2-4-5-3-1/h5-7,9-13,15-17H,2-4,8,14H2,1H3;1-4H. The second-order valence-electron chi connectivity index (χ2n) is 6.70. The van der Waals surface area contributed by atoms with E-state index in [1.54, 1.807) is 11.3 Å². The summed E-state index contributed by atoms with van der Waals surface area (Å²) in [6.07, 6.45) is 10.2. The summed E-state index contributed by atoms with van der Waals surface area (Å²) in [5.41, 5.74) is 4.91. The predicted molar refractivity (Wildman–Crippen MR) is 121 cm³/mol. The largest absolute Gasteiger partial charge is 0.320 e. The third-order valence-electron chi connectivity index (χ3n) is 4.66. The molecule has 3 heterocycles. The van der Waals surface area contributed by atoms with Crippen LogP contribution in [0, 0.1) is 0 Å². The number of hydrogen-bond donors (Lipinski definition) is 0. The molecule has 0 amide bonds. The molecule has 0 aliphatic heterocycles. The van der Waals surface area contributed by atoms with Crippen LogP contribution in [0.25, 0.3) is 16.9 Å². The summed E-state index contributed by atoms with van der Waals surface area (Å²) in [6.45, 7) is 2.26. The molecule has 0 radical (unpaired) electrons. The van der Waals surface area contributed by atoms with Crippen molar-refractivity contribution in [3.05, 3.63) is 95.6 Å². The highest BCUT2D eigenvalue weighted by molar-refractivity contribution is 7.07. The highest BCUT2D eigenvalue weighted by atomic mass is 32.1. The molecule has 0 fully saturated rings. The Morgan fingerprint density at radius 2 is 1.61 bits per heavy atom. The molecule has 0 bridgehead atoms. The SMILES string of the molecule is CCCCCCc1c(-c2ccccn2)ccn1-c1ccccc1.c1ccsc1. The van der Waals surface area contributed by atoms with Gasteiger partial charge in [0.15, 0.2) is 0 Å². The van der Waals surface area contributed by atoms with E-state index in [4.69, 9.17) is 0 Å². The zero-order valence-electron chi connectivity index (χ0n) is 16.5. The summed E-state index contributed by atoms with van der Waals surface area (Å²) < 4.78 is 2.32. The maximum atomic E-state index is 4.55. The minimum absolute atomic E-state index is 1.06. The molecule has 0 atom stereocenters. The van der Waals surface area contributed by atoms with E-state index in [0.717, 1.165) is 12.1 Å². The minimum atomic E-state index is 1.06. The van der Waals surface area contributed by atoms with Crippen molar-refractivity contribution in [3.63, 3.8) is 0 Å². The summed E-state index contributed by atoms with van der Waals surface area (Å²) in [7, 11) is 0. The monoisotopic (exact) mass is 388 g/mol. The van der Waals surface area contributed by atoms with Gasteiger partial charge in [0.05, 0.1) is 5.69 Å². The molecule has 144 valence electrons. The highest BCUT2D eigenvalue weighted by Gasteiger charge is 2.12. The molecule has 0 saturated heterocycles. The molecule has 0 saturated carbocycles. The Balaban J connectivity index is 0.000000391. The molecule has 4 rings (SSSR count). The van der Waals surface area contributed by atoms with E-state index in [-0.39, 0.29) is 0 Å². The van der Waals surface area contributed by atoms with Crippen molar-refractivity contribution in [1.29, 1.82) is 0 Å². The Labute approximate surface area is 172 Å². The first-order valence-corrected chi connectivity index (χ1v) is 11.0. The zero-order chi connectivity index (χ0) is 19.4. The average Bonchev–Trinajstić information content (AvgIpc) is 3.46. The van der Waals surface area contributed by atoms with Gasteiger partial charge in [-0.05, 0) is 53.9 Å². The van der Waals surface area contributed by atoms with Gasteiger partial charge in [-0.15, -0.1) is 0 Å². The fourth-order valence-electron chi connectivity index (χ4n) is 3.25. The van der Waals surface area contributed by atoms with E-state index in [1.807, 2.05) is 35.2 Å². The molecule has 0 N–H and O–H groups in total. The van der Waals surface area contributed by atoms with E-state index in [0.29, 0.717) is 0 Å². The van der Waals surface area contributed by atoms with Crippen LogP contribution in [0.4, 0.5) is 0 Å². The van der Waals surface area contributed by atoms with Crippen LogP contribution in [0.1, 0.15) is 38.3 Å². The Morgan fingerprint density at radius 1 is 0.821 bits per heavy atom. The number of unbranched alkanes of at least 4 members (excludes halogenated alkanes) is 3. The first kappa shape index (κ1) is 20.1. The lowest BCUT2D eigenvalue weighted by atomic mass is 10.1. The number of hydrogen-bond acceptors (Lipinski definition) is 2. The van der Waals surface area contributed by atoms with Crippen LogP contribution in [-0.4, -0.2) is 9.55 Å². The Hall–Kier alpha value is -2.65. The highest BCUT2D eigenvalue weighted by Crippen LogP contribution is 2.27. The first-order valence-electron chi connectivity index (χ1n) is 10.0. The van der Waals surface area contributed by atoms with Crippen molar-refractivity contribution in [2.24, 2.45) is 0 Å². The van der Waals surface area contributed by atoms with E-state index < -0.39 is 0 Å². The minimum Gasteiger partial charge on any atom is -0.320 e. The molecular weight excluding hydrogens is 360 g/mol. The molecule has 0 unspecified atom stereocenters. The maximum Gasteiger partial charge on any atom is 0.0720 e. The summed E-state index contributed by atoms with van der Waals surface area (Å²) in [5, 5.41) is 4.08. The molecule has 4 aromatic rings. The lowest BCUT2D eigenvalue weighted by molar-refractivity contribution is 0.656. The molecule has 2 nitrogen and oxygen atoms in total. The second-order valence-corrected chi connectivity index (χ2v) is 7.52. The van der Waals surface area contributed by atoms with Gasteiger partial charge in [0.1, 0.15) is 0 Å². The second kappa shape index (κ2) is 11.3. The Morgan fingerprint density at radius 3 is 2.25 bits per heavy atom. The molecule has 3 aromatic heterocycles. The van der Waals surface area contributed by atoms with Crippen molar-refractivity contribution in [1.82, 2.24) is 9.55 Å². The van der Waals surface area contributed by atoms with Gasteiger partial charge in [0.2, 0.25) is 0 Å². The fraction of sp³-hybridized carbons (Fsp3) is 0.240. The van der Waals surface area contributed by atoms with Crippen LogP contribution in [-0.2, 0) is 6.42 Å². The van der Waals surface area contributed by atoms with Crippen LogP contribution in [0.5, 0.6) is 0 Å². The van der Waals surface area contributed by atoms with Crippen molar-refractivity contribution >= 4 is 11.3 Å². The summed E-state index contributed by atoms with van der Waals surface area (Å²) >= 11 is 1.71. The van der Waals surface area contributed by atoms with Gasteiger partial charge < -0.3 is 4.57 Å². The summed E-state index contributed by atoms with van der Waals surface area (Å²) in [4.78, 5) is 4.55. The molecule has 3 heteroatoms. The van der Waals surface area contributed by atoms with Crippen LogP contribution < -0.4 is 0 Å². The number of para-hydroxylation sites is 1. The number of rotatable bonds is 7. The topological polar surface area (TPSA) is 17.8 Å². The van der Waals surface area contributed by atoms with Crippen LogP contribution in [0.15, 0.2) is 89.9 Å². The number of pyridine rings is 1. The number of thiophene rings is 1. The van der Waals surface area contributed by atoms with E-state index >= 15 is 0 Å². The van der Waals surface area contributed by atoms with E-state index in [9.17, 15) is 0 Å². The molecule has 0 aliphatic rings. The number of benzene rings is 1. The smallest absolute Gasteiger partial charge is 0.0720 e. The molecule has 28 heavy (non-hydrogen) atoms. The Bertz CT molecular complexity index is 822. The zero-order valence-corrected chi connectivity index (χ0v) is 17.3. The van der Waals surface area contributed by atoms with Crippen LogP contribution in [0.3, 0.4) is 0 Å². The number of aromatic nitrogens is 2. The molecular formula is C25H28N2S. The van der Waals surface area contributed by atoms with Crippen LogP contribution in [0.2, 0.25) is 0 Å². The lowest BCUT2D eigenvalue weighted by Gasteiger charge is -2.12. The van der Waals surface area contributed by atoms with E-state index in [2.05, 4.69) is 71.2 Å². The lowest BCUT2D eigenvalue weighted by Crippen LogP contribution is -2.01. The normalized spacial score (nSPS) is 10.3. The van der Waals surface area contributed by atoms with Crippen LogP contribution >= 0.6 is 11.3 Å². The first-order chi connectivity index (χ1) is 13.9. The fourth-order valence-corrected chi connectivity index (χ4v) is 3.71. The Kier molecular flexibility index (Phi) is 8.07. The van der Waals surface area contributed by atoms with Gasteiger partial charge in [0.25, 0.3) is 0 Å². The quantitative estimate of drug-likeness (QED) is 0.301.